The number of likely N-dealkylation sites (tertiary alicyclic amines) is 1. The van der Waals surface area contributed by atoms with Gasteiger partial charge in [0, 0.05) is 13.0 Å². The van der Waals surface area contributed by atoms with Gasteiger partial charge in [0.2, 0.25) is 18.3 Å². The molecule has 1 fully saturated rings. The first-order valence-corrected chi connectivity index (χ1v) is 11.6. The number of nitrogens with zero attached hydrogens (tertiary/aromatic N) is 2. The number of quaternary nitrogens is 1. The largest absolute Gasteiger partial charge is 0.744 e. The van der Waals surface area contributed by atoms with Crippen molar-refractivity contribution < 1.29 is 26.7 Å². The number of rotatable bonds is 4. The van der Waals surface area contributed by atoms with Gasteiger partial charge in [0.25, 0.3) is 0 Å². The molecule has 0 aromatic heterocycles. The Hall–Kier alpha value is -2.07. The first-order valence-electron chi connectivity index (χ1n) is 9.38. The second-order valence-corrected chi connectivity index (χ2v) is 9.60. The fourth-order valence-corrected chi connectivity index (χ4v) is 4.69. The third-order valence-corrected chi connectivity index (χ3v) is 6.89. The summed E-state index contributed by atoms with van der Waals surface area (Å²) in [4.78, 5) is 20.7. The van der Waals surface area contributed by atoms with E-state index >= 15 is 0 Å². The van der Waals surface area contributed by atoms with Crippen LogP contribution >= 0.6 is 11.9 Å². The Morgan fingerprint density at radius 3 is 2.41 bits per heavy atom. The van der Waals surface area contributed by atoms with Gasteiger partial charge in [-0.15, -0.1) is 0 Å². The third kappa shape index (κ3) is 5.30. The molecule has 2 heterocycles. The molecule has 4 rings (SSSR count). The average molecular weight is 437 g/mol. The van der Waals surface area contributed by atoms with Crippen LogP contribution < -0.4 is 4.84 Å². The molecule has 2 aliphatic rings. The van der Waals surface area contributed by atoms with Crippen LogP contribution in [0, 0.1) is 6.92 Å². The van der Waals surface area contributed by atoms with E-state index in [1.54, 1.807) is 24.1 Å². The fourth-order valence-electron chi connectivity index (χ4n) is 3.08. The quantitative estimate of drug-likeness (QED) is 0.415. The molecule has 7 nitrogen and oxygen atoms in total. The maximum Gasteiger partial charge on any atom is 0.227 e. The van der Waals surface area contributed by atoms with Crippen molar-refractivity contribution in [3.63, 3.8) is 0 Å². The number of benzene rings is 2. The van der Waals surface area contributed by atoms with Gasteiger partial charge in [0.1, 0.15) is 21.6 Å². The third-order valence-electron chi connectivity index (χ3n) is 4.73. The zero-order chi connectivity index (χ0) is 21.1. The minimum atomic E-state index is -4.27. The Labute approximate surface area is 175 Å². The standard InChI is InChI=1S/C13H17N2O2S.C7H8O3S/c1-2-15(10-14-9-5-8-13(14)16)17-11-6-3-4-7-12(11)18-15;1-6-2-4-7(5-3-6)11(8,9)10/h3-4,6-7H,2,5,8-10H2,1H3;2-5H,1H3,(H,8,9,10)/q+1;/p-1. The van der Waals surface area contributed by atoms with Crippen molar-refractivity contribution >= 4 is 28.0 Å². The van der Waals surface area contributed by atoms with Crippen LogP contribution in [0.3, 0.4) is 0 Å². The number of carbonyl (C=O) groups is 1. The molecule has 0 spiro atoms. The summed E-state index contributed by atoms with van der Waals surface area (Å²) in [5.74, 6) is 1.18. The smallest absolute Gasteiger partial charge is 0.227 e. The van der Waals surface area contributed by atoms with Crippen LogP contribution in [0.1, 0.15) is 25.3 Å². The lowest BCUT2D eigenvalue weighted by Crippen LogP contribution is -2.49. The molecule has 156 valence electrons. The van der Waals surface area contributed by atoms with Gasteiger partial charge in [-0.2, -0.15) is 0 Å². The van der Waals surface area contributed by atoms with E-state index in [0.29, 0.717) is 17.1 Å². The van der Waals surface area contributed by atoms with E-state index in [9.17, 15) is 17.8 Å². The molecule has 0 N–H and O–H groups in total. The van der Waals surface area contributed by atoms with Crippen LogP contribution in [0.15, 0.2) is 58.3 Å². The van der Waals surface area contributed by atoms with Crippen LogP contribution in [0.4, 0.5) is 0 Å². The van der Waals surface area contributed by atoms with E-state index in [1.165, 1.54) is 12.1 Å². The summed E-state index contributed by atoms with van der Waals surface area (Å²) in [7, 11) is -4.27. The summed E-state index contributed by atoms with van der Waals surface area (Å²) in [6, 6.07) is 13.8. The number of amides is 1. The fraction of sp³-hybridized carbons (Fsp3) is 0.350. The van der Waals surface area contributed by atoms with Crippen molar-refractivity contribution in [1.82, 2.24) is 4.90 Å². The lowest BCUT2D eigenvalue weighted by molar-refractivity contribution is -0.967. The number of fused-ring (bicyclic) bond motifs is 1. The van der Waals surface area contributed by atoms with Gasteiger partial charge in [0.05, 0.1) is 4.90 Å². The Morgan fingerprint density at radius 1 is 1.17 bits per heavy atom. The molecule has 1 atom stereocenters. The van der Waals surface area contributed by atoms with E-state index in [-0.39, 0.29) is 10.8 Å². The molecule has 0 radical (unpaired) electrons. The molecule has 0 aliphatic carbocycles. The Morgan fingerprint density at radius 2 is 1.86 bits per heavy atom. The number of hydrogen-bond acceptors (Lipinski definition) is 6. The van der Waals surface area contributed by atoms with E-state index in [4.69, 9.17) is 4.84 Å². The van der Waals surface area contributed by atoms with Crippen LogP contribution in [0.2, 0.25) is 0 Å². The molecular formula is C20H24N2O5S2. The lowest BCUT2D eigenvalue weighted by Gasteiger charge is -2.30. The summed E-state index contributed by atoms with van der Waals surface area (Å²) in [6.45, 7) is 6.25. The number of carbonyl (C=O) groups excluding carboxylic acids is 1. The normalized spacial score (nSPS) is 20.7. The predicted molar refractivity (Wildman–Crippen MR) is 109 cm³/mol. The topological polar surface area (TPSA) is 86.7 Å². The molecular weight excluding hydrogens is 412 g/mol. The van der Waals surface area contributed by atoms with Crippen LogP contribution in [0.5, 0.6) is 5.75 Å². The van der Waals surface area contributed by atoms with Crippen molar-refractivity contribution in [2.75, 3.05) is 19.8 Å². The molecule has 0 saturated carbocycles. The van der Waals surface area contributed by atoms with Gasteiger partial charge in [-0.1, -0.05) is 33.9 Å². The summed E-state index contributed by atoms with van der Waals surface area (Å²) in [5.41, 5.74) is 0.928. The van der Waals surface area contributed by atoms with Gasteiger partial charge >= 0.3 is 0 Å². The summed E-state index contributed by atoms with van der Waals surface area (Å²) < 4.78 is 31.6. The monoisotopic (exact) mass is 436 g/mol. The SMILES string of the molecule is CC[N+]1(CN2CCCC2=O)Oc2ccccc2S1.Cc1ccc(S(=O)(=O)[O-])cc1. The summed E-state index contributed by atoms with van der Waals surface area (Å²) >= 11 is 1.69. The number of aryl methyl sites for hydroxylation is 1. The first kappa shape index (κ1) is 21.6. The summed E-state index contributed by atoms with van der Waals surface area (Å²) in [6.07, 6.45) is 1.65. The average Bonchev–Trinajstić information content (AvgIpc) is 3.25. The summed E-state index contributed by atoms with van der Waals surface area (Å²) in [5, 5.41) is 0. The lowest BCUT2D eigenvalue weighted by atomic mass is 10.2. The minimum Gasteiger partial charge on any atom is -0.744 e. The van der Waals surface area contributed by atoms with Gasteiger partial charge in [-0.05, 0) is 44.5 Å². The Bertz CT molecular complexity index is 952. The van der Waals surface area contributed by atoms with Crippen molar-refractivity contribution in [2.45, 2.75) is 36.5 Å². The van der Waals surface area contributed by atoms with E-state index in [0.717, 1.165) is 35.7 Å². The highest BCUT2D eigenvalue weighted by Gasteiger charge is 2.43. The zero-order valence-electron chi connectivity index (χ0n) is 16.4. The maximum absolute atomic E-state index is 11.7. The van der Waals surface area contributed by atoms with Crippen molar-refractivity contribution in [1.29, 1.82) is 0 Å². The van der Waals surface area contributed by atoms with Gasteiger partial charge < -0.3 is 4.55 Å². The van der Waals surface area contributed by atoms with E-state index in [2.05, 4.69) is 13.0 Å². The van der Waals surface area contributed by atoms with Crippen molar-refractivity contribution in [3.05, 3.63) is 54.1 Å². The maximum atomic E-state index is 11.7. The van der Waals surface area contributed by atoms with Crippen molar-refractivity contribution in [2.24, 2.45) is 0 Å². The first-order chi connectivity index (χ1) is 13.7. The zero-order valence-corrected chi connectivity index (χ0v) is 18.0. The van der Waals surface area contributed by atoms with Gasteiger partial charge in [-0.25, -0.2) is 8.42 Å². The highest BCUT2D eigenvalue weighted by molar-refractivity contribution is 7.94. The highest BCUT2D eigenvalue weighted by atomic mass is 32.2. The second kappa shape index (κ2) is 8.74. The number of hydroxylamine groups is 2. The molecule has 1 unspecified atom stereocenters. The van der Waals surface area contributed by atoms with E-state index < -0.39 is 10.1 Å². The molecule has 1 saturated heterocycles. The minimum absolute atomic E-state index is 0.178. The Balaban J connectivity index is 0.000000188. The Kier molecular flexibility index (Phi) is 6.52. The molecule has 0 bridgehead atoms. The van der Waals surface area contributed by atoms with Crippen LogP contribution in [-0.4, -0.2) is 47.6 Å². The molecule has 2 aliphatic heterocycles. The van der Waals surface area contributed by atoms with Gasteiger partial charge in [-0.3, -0.25) is 14.5 Å². The molecule has 9 heteroatoms. The van der Waals surface area contributed by atoms with Crippen molar-refractivity contribution in [3.8, 4) is 5.75 Å². The highest BCUT2D eigenvalue weighted by Crippen LogP contribution is 2.45. The predicted octanol–water partition coefficient (Wildman–Crippen LogP) is 3.32. The second-order valence-electron chi connectivity index (χ2n) is 6.93. The molecule has 2 aromatic carbocycles. The van der Waals surface area contributed by atoms with Gasteiger partial charge in [0.15, 0.2) is 11.9 Å². The molecule has 29 heavy (non-hydrogen) atoms. The number of para-hydroxylation sites is 1. The van der Waals surface area contributed by atoms with E-state index in [1.807, 2.05) is 30.0 Å². The molecule has 1 amide bonds. The number of hydrogen-bond donors (Lipinski definition) is 0. The molecule has 2 aromatic rings. The van der Waals surface area contributed by atoms with Crippen LogP contribution in [0.25, 0.3) is 0 Å². The van der Waals surface area contributed by atoms with Crippen LogP contribution in [-0.2, 0) is 14.9 Å².